The number of nitrogens with zero attached hydrogens (tertiary/aromatic N) is 1. The van der Waals surface area contributed by atoms with Gasteiger partial charge in [-0.05, 0) is 32.0 Å². The van der Waals surface area contributed by atoms with Crippen LogP contribution in [-0.4, -0.2) is 16.8 Å². The highest BCUT2D eigenvalue weighted by Gasteiger charge is 2.12. The number of aliphatic hydroxyl groups is 1. The Morgan fingerprint density at radius 1 is 1.05 bits per heavy atom. The Morgan fingerprint density at radius 2 is 1.74 bits per heavy atom. The van der Waals surface area contributed by atoms with Crippen molar-refractivity contribution in [3.8, 4) is 5.75 Å². The van der Waals surface area contributed by atoms with Crippen molar-refractivity contribution in [3.63, 3.8) is 0 Å². The number of anilines is 2. The van der Waals surface area contributed by atoms with E-state index in [9.17, 15) is 10.2 Å². The molecule has 0 saturated carbocycles. The lowest BCUT2D eigenvalue weighted by Gasteiger charge is -2.24. The summed E-state index contributed by atoms with van der Waals surface area (Å²) in [6, 6.07) is 15.4. The van der Waals surface area contributed by atoms with Crippen LogP contribution in [0.2, 0.25) is 0 Å². The van der Waals surface area contributed by atoms with Crippen LogP contribution in [0.5, 0.6) is 5.75 Å². The van der Waals surface area contributed by atoms with E-state index >= 15 is 0 Å². The Labute approximate surface area is 113 Å². The van der Waals surface area contributed by atoms with E-state index in [-0.39, 0.29) is 5.75 Å². The van der Waals surface area contributed by atoms with Gasteiger partial charge in [-0.15, -0.1) is 0 Å². The Balaban J connectivity index is 2.37. The van der Waals surface area contributed by atoms with Crippen LogP contribution in [-0.2, 0) is 0 Å². The molecule has 0 saturated heterocycles. The maximum absolute atomic E-state index is 9.97. The van der Waals surface area contributed by atoms with Crippen molar-refractivity contribution in [2.24, 2.45) is 0 Å². The van der Waals surface area contributed by atoms with Gasteiger partial charge in [0.25, 0.3) is 0 Å². The third-order valence-corrected chi connectivity index (χ3v) is 3.16. The van der Waals surface area contributed by atoms with Crippen LogP contribution >= 0.6 is 0 Å². The third kappa shape index (κ3) is 2.88. The lowest BCUT2D eigenvalue weighted by atomic mass is 10.1. The second-order valence-electron chi connectivity index (χ2n) is 4.50. The van der Waals surface area contributed by atoms with Crippen LogP contribution in [0, 0.1) is 0 Å². The normalized spacial score (nSPS) is 12.2. The zero-order valence-corrected chi connectivity index (χ0v) is 11.2. The summed E-state index contributed by atoms with van der Waals surface area (Å²) in [5, 5.41) is 19.5. The molecular formula is C16H19NO2. The Morgan fingerprint density at radius 3 is 2.26 bits per heavy atom. The molecule has 0 heterocycles. The number of aromatic hydroxyl groups is 1. The van der Waals surface area contributed by atoms with Crippen LogP contribution in [0.4, 0.5) is 11.4 Å². The first-order valence-electron chi connectivity index (χ1n) is 6.47. The average Bonchev–Trinajstić information content (AvgIpc) is 2.40. The van der Waals surface area contributed by atoms with Gasteiger partial charge in [-0.1, -0.05) is 24.3 Å². The SMILES string of the molecule is CCN(c1ccccc1)c1ccc(C(C)O)c(O)c1. The predicted octanol–water partition coefficient (Wildman–Crippen LogP) is 3.60. The van der Waals surface area contributed by atoms with E-state index in [2.05, 4.69) is 11.8 Å². The molecule has 0 bridgehead atoms. The van der Waals surface area contributed by atoms with Crippen molar-refractivity contribution in [2.75, 3.05) is 11.4 Å². The van der Waals surface area contributed by atoms with Crippen molar-refractivity contribution in [3.05, 3.63) is 54.1 Å². The van der Waals surface area contributed by atoms with E-state index in [0.29, 0.717) is 5.56 Å². The largest absolute Gasteiger partial charge is 0.507 e. The van der Waals surface area contributed by atoms with Gasteiger partial charge in [-0.2, -0.15) is 0 Å². The minimum atomic E-state index is -0.666. The maximum Gasteiger partial charge on any atom is 0.123 e. The minimum Gasteiger partial charge on any atom is -0.507 e. The number of aliphatic hydroxyl groups excluding tert-OH is 1. The zero-order chi connectivity index (χ0) is 13.8. The fraction of sp³-hybridized carbons (Fsp3) is 0.250. The highest BCUT2D eigenvalue weighted by atomic mass is 16.3. The summed E-state index contributed by atoms with van der Waals surface area (Å²) in [5.74, 6) is 0.127. The number of phenolic OH excluding ortho intramolecular Hbond substituents is 1. The van der Waals surface area contributed by atoms with Crippen LogP contribution in [0.25, 0.3) is 0 Å². The van der Waals surface area contributed by atoms with Gasteiger partial charge in [0.2, 0.25) is 0 Å². The van der Waals surface area contributed by atoms with Gasteiger partial charge in [0.05, 0.1) is 6.10 Å². The van der Waals surface area contributed by atoms with Crippen molar-refractivity contribution in [1.82, 2.24) is 0 Å². The first kappa shape index (κ1) is 13.4. The van der Waals surface area contributed by atoms with Gasteiger partial charge >= 0.3 is 0 Å². The Kier molecular flexibility index (Phi) is 4.07. The molecule has 0 aliphatic carbocycles. The van der Waals surface area contributed by atoms with E-state index in [4.69, 9.17) is 0 Å². The zero-order valence-electron chi connectivity index (χ0n) is 11.2. The predicted molar refractivity (Wildman–Crippen MR) is 77.9 cm³/mol. The third-order valence-electron chi connectivity index (χ3n) is 3.16. The molecule has 3 heteroatoms. The number of benzene rings is 2. The highest BCUT2D eigenvalue weighted by molar-refractivity contribution is 5.65. The quantitative estimate of drug-likeness (QED) is 0.879. The average molecular weight is 257 g/mol. The molecule has 2 rings (SSSR count). The molecule has 0 fully saturated rings. The molecule has 3 nitrogen and oxygen atoms in total. The molecule has 2 aromatic carbocycles. The number of phenols is 1. The molecule has 0 amide bonds. The standard InChI is InChI=1S/C16H19NO2/c1-3-17(13-7-5-4-6-8-13)14-9-10-15(12(2)18)16(19)11-14/h4-12,18-19H,3H2,1-2H3. The van der Waals surface area contributed by atoms with E-state index in [1.165, 1.54) is 0 Å². The van der Waals surface area contributed by atoms with Crippen molar-refractivity contribution < 1.29 is 10.2 Å². The van der Waals surface area contributed by atoms with E-state index in [1.54, 1.807) is 19.1 Å². The first-order chi connectivity index (χ1) is 9.13. The molecule has 1 unspecified atom stereocenters. The summed E-state index contributed by atoms with van der Waals surface area (Å²) in [6.07, 6.45) is -0.666. The Bertz CT molecular complexity index is 538. The van der Waals surface area contributed by atoms with Crippen molar-refractivity contribution in [2.45, 2.75) is 20.0 Å². The molecule has 0 radical (unpaired) electrons. The molecule has 19 heavy (non-hydrogen) atoms. The summed E-state index contributed by atoms with van der Waals surface area (Å²) in [7, 11) is 0. The molecule has 0 aliphatic rings. The van der Waals surface area contributed by atoms with Crippen LogP contribution in [0.15, 0.2) is 48.5 Å². The molecule has 0 aliphatic heterocycles. The van der Waals surface area contributed by atoms with Crippen molar-refractivity contribution in [1.29, 1.82) is 0 Å². The summed E-state index contributed by atoms with van der Waals surface area (Å²) >= 11 is 0. The minimum absolute atomic E-state index is 0.127. The molecule has 2 aromatic rings. The van der Waals surface area contributed by atoms with Crippen molar-refractivity contribution >= 4 is 11.4 Å². The van der Waals surface area contributed by atoms with Gasteiger partial charge in [0, 0.05) is 29.5 Å². The lowest BCUT2D eigenvalue weighted by Crippen LogP contribution is -2.15. The van der Waals surface area contributed by atoms with Gasteiger partial charge in [0.1, 0.15) is 5.75 Å². The van der Waals surface area contributed by atoms with E-state index in [1.807, 2.05) is 36.4 Å². The smallest absolute Gasteiger partial charge is 0.123 e. The summed E-state index contributed by atoms with van der Waals surface area (Å²) in [6.45, 7) is 4.51. The van der Waals surface area contributed by atoms with E-state index in [0.717, 1.165) is 17.9 Å². The first-order valence-corrected chi connectivity index (χ1v) is 6.47. The molecule has 1 atom stereocenters. The maximum atomic E-state index is 9.97. The molecule has 0 spiro atoms. The van der Waals surface area contributed by atoms with E-state index < -0.39 is 6.10 Å². The fourth-order valence-electron chi connectivity index (χ4n) is 2.18. The fourth-order valence-corrected chi connectivity index (χ4v) is 2.18. The second kappa shape index (κ2) is 5.76. The summed E-state index contributed by atoms with van der Waals surface area (Å²) < 4.78 is 0. The topological polar surface area (TPSA) is 43.7 Å². The second-order valence-corrected chi connectivity index (χ2v) is 4.50. The van der Waals surface area contributed by atoms with Gasteiger partial charge in [0.15, 0.2) is 0 Å². The van der Waals surface area contributed by atoms with Gasteiger partial charge in [-0.3, -0.25) is 0 Å². The number of hydrogen-bond acceptors (Lipinski definition) is 3. The number of rotatable bonds is 4. The molecule has 100 valence electrons. The molecular weight excluding hydrogens is 238 g/mol. The number of para-hydroxylation sites is 1. The molecule has 0 aromatic heterocycles. The van der Waals surface area contributed by atoms with Crippen LogP contribution in [0.3, 0.4) is 0 Å². The molecule has 2 N–H and O–H groups in total. The monoisotopic (exact) mass is 257 g/mol. The van der Waals surface area contributed by atoms with Crippen LogP contribution in [0.1, 0.15) is 25.5 Å². The highest BCUT2D eigenvalue weighted by Crippen LogP contribution is 2.32. The summed E-state index contributed by atoms with van der Waals surface area (Å²) in [5.41, 5.74) is 2.54. The summed E-state index contributed by atoms with van der Waals surface area (Å²) in [4.78, 5) is 2.10. The number of hydrogen-bond donors (Lipinski definition) is 2. The van der Waals surface area contributed by atoms with Gasteiger partial charge < -0.3 is 15.1 Å². The Hall–Kier alpha value is -2.00. The lowest BCUT2D eigenvalue weighted by molar-refractivity contribution is 0.195. The van der Waals surface area contributed by atoms with Crippen LogP contribution < -0.4 is 4.90 Å². The van der Waals surface area contributed by atoms with Gasteiger partial charge in [-0.25, -0.2) is 0 Å².